The van der Waals surface area contributed by atoms with Crippen LogP contribution in [0.4, 0.5) is 5.82 Å². The number of nitrogens with zero attached hydrogens (tertiary/aromatic N) is 2. The highest BCUT2D eigenvalue weighted by atomic mass is 79.9. The maximum atomic E-state index is 4.37. The SMILES string of the molecule is CNc1cc(-c2cc(Br)ccc2C)n(C)n1. The molecular formula is C12H14BrN3. The predicted octanol–water partition coefficient (Wildman–Crippen LogP) is 3.20. The lowest BCUT2D eigenvalue weighted by molar-refractivity contribution is 0.778. The molecule has 0 aliphatic carbocycles. The van der Waals surface area contributed by atoms with E-state index in [-0.39, 0.29) is 0 Å². The highest BCUT2D eigenvalue weighted by Gasteiger charge is 2.09. The van der Waals surface area contributed by atoms with Crippen molar-refractivity contribution < 1.29 is 0 Å². The standard InChI is InChI=1S/C12H14BrN3/c1-8-4-5-9(13)6-10(8)11-7-12(14-2)15-16(11)3/h4-7H,1-3H3,(H,14,15). The molecule has 1 aromatic heterocycles. The molecule has 1 heterocycles. The van der Waals surface area contributed by atoms with Crippen LogP contribution in [0.5, 0.6) is 0 Å². The Bertz CT molecular complexity index is 517. The third-order valence-electron chi connectivity index (χ3n) is 2.61. The quantitative estimate of drug-likeness (QED) is 0.915. The van der Waals surface area contributed by atoms with Gasteiger partial charge in [0.1, 0.15) is 5.82 Å². The average Bonchev–Trinajstić information content (AvgIpc) is 2.63. The van der Waals surface area contributed by atoms with Gasteiger partial charge in [0.15, 0.2) is 0 Å². The molecule has 0 unspecified atom stereocenters. The van der Waals surface area contributed by atoms with Gasteiger partial charge < -0.3 is 5.32 Å². The number of benzene rings is 1. The Labute approximate surface area is 104 Å². The molecule has 0 saturated carbocycles. The fraction of sp³-hybridized carbons (Fsp3) is 0.250. The lowest BCUT2D eigenvalue weighted by atomic mass is 10.1. The average molecular weight is 280 g/mol. The van der Waals surface area contributed by atoms with Gasteiger partial charge in [0.05, 0.1) is 5.69 Å². The number of aromatic nitrogens is 2. The first-order valence-electron chi connectivity index (χ1n) is 5.10. The minimum atomic E-state index is 0.886. The fourth-order valence-electron chi connectivity index (χ4n) is 1.71. The topological polar surface area (TPSA) is 29.9 Å². The molecule has 0 fully saturated rings. The van der Waals surface area contributed by atoms with E-state index in [4.69, 9.17) is 0 Å². The third kappa shape index (κ3) is 1.97. The molecule has 0 bridgehead atoms. The Morgan fingerprint density at radius 2 is 2.06 bits per heavy atom. The number of anilines is 1. The maximum absolute atomic E-state index is 4.37. The van der Waals surface area contributed by atoms with Gasteiger partial charge in [0.2, 0.25) is 0 Å². The molecule has 2 rings (SSSR count). The number of nitrogens with one attached hydrogen (secondary N) is 1. The summed E-state index contributed by atoms with van der Waals surface area (Å²) in [5.41, 5.74) is 3.56. The van der Waals surface area contributed by atoms with Gasteiger partial charge in [-0.1, -0.05) is 22.0 Å². The summed E-state index contributed by atoms with van der Waals surface area (Å²) in [4.78, 5) is 0. The second kappa shape index (κ2) is 4.29. The van der Waals surface area contributed by atoms with E-state index in [1.54, 1.807) is 0 Å². The molecule has 2 aromatic rings. The first-order valence-corrected chi connectivity index (χ1v) is 5.89. The minimum Gasteiger partial charge on any atom is -0.372 e. The summed E-state index contributed by atoms with van der Waals surface area (Å²) in [6.07, 6.45) is 0. The van der Waals surface area contributed by atoms with Gasteiger partial charge in [-0.2, -0.15) is 5.10 Å². The number of aryl methyl sites for hydroxylation is 2. The van der Waals surface area contributed by atoms with E-state index in [0.717, 1.165) is 16.0 Å². The van der Waals surface area contributed by atoms with E-state index in [9.17, 15) is 0 Å². The highest BCUT2D eigenvalue weighted by Crippen LogP contribution is 2.27. The van der Waals surface area contributed by atoms with Crippen molar-refractivity contribution >= 4 is 21.7 Å². The van der Waals surface area contributed by atoms with E-state index in [2.05, 4.69) is 51.5 Å². The summed E-state index contributed by atoms with van der Waals surface area (Å²) in [5, 5.41) is 7.41. The molecule has 84 valence electrons. The van der Waals surface area contributed by atoms with Crippen LogP contribution in [0.2, 0.25) is 0 Å². The van der Waals surface area contributed by atoms with Gasteiger partial charge in [-0.25, -0.2) is 0 Å². The van der Waals surface area contributed by atoms with Crippen LogP contribution in [0.25, 0.3) is 11.3 Å². The zero-order valence-corrected chi connectivity index (χ0v) is 11.2. The molecule has 4 heteroatoms. The molecular weight excluding hydrogens is 266 g/mol. The van der Waals surface area contributed by atoms with Gasteiger partial charge >= 0.3 is 0 Å². The monoisotopic (exact) mass is 279 g/mol. The molecule has 3 nitrogen and oxygen atoms in total. The Kier molecular flexibility index (Phi) is 3.01. The maximum Gasteiger partial charge on any atom is 0.148 e. The summed E-state index contributed by atoms with van der Waals surface area (Å²) in [7, 11) is 3.83. The minimum absolute atomic E-state index is 0.886. The van der Waals surface area contributed by atoms with Crippen molar-refractivity contribution in [1.82, 2.24) is 9.78 Å². The van der Waals surface area contributed by atoms with Crippen molar-refractivity contribution in [3.63, 3.8) is 0 Å². The van der Waals surface area contributed by atoms with Crippen LogP contribution in [0.1, 0.15) is 5.56 Å². The van der Waals surface area contributed by atoms with Crippen molar-refractivity contribution in [3.8, 4) is 11.3 Å². The van der Waals surface area contributed by atoms with Gasteiger partial charge in [0.25, 0.3) is 0 Å². The highest BCUT2D eigenvalue weighted by molar-refractivity contribution is 9.10. The third-order valence-corrected chi connectivity index (χ3v) is 3.10. The summed E-state index contributed by atoms with van der Waals surface area (Å²) >= 11 is 3.50. The van der Waals surface area contributed by atoms with E-state index in [0.29, 0.717) is 0 Å². The van der Waals surface area contributed by atoms with Crippen LogP contribution in [-0.2, 0) is 7.05 Å². The van der Waals surface area contributed by atoms with Gasteiger partial charge in [0, 0.05) is 30.2 Å². The molecule has 0 aliphatic heterocycles. The Balaban J connectivity index is 2.57. The summed E-state index contributed by atoms with van der Waals surface area (Å²) < 4.78 is 2.97. The molecule has 0 spiro atoms. The lowest BCUT2D eigenvalue weighted by Crippen LogP contribution is -1.96. The summed E-state index contributed by atoms with van der Waals surface area (Å²) in [5.74, 6) is 0.886. The van der Waals surface area contributed by atoms with Crippen molar-refractivity contribution in [2.75, 3.05) is 12.4 Å². The number of rotatable bonds is 2. The Morgan fingerprint density at radius 3 is 2.69 bits per heavy atom. The molecule has 0 aliphatic rings. The number of hydrogen-bond donors (Lipinski definition) is 1. The first kappa shape index (κ1) is 11.2. The molecule has 16 heavy (non-hydrogen) atoms. The van der Waals surface area contributed by atoms with E-state index >= 15 is 0 Å². The van der Waals surface area contributed by atoms with Crippen LogP contribution in [0, 0.1) is 6.92 Å². The van der Waals surface area contributed by atoms with Crippen LogP contribution in [-0.4, -0.2) is 16.8 Å². The van der Waals surface area contributed by atoms with Crippen molar-refractivity contribution in [2.45, 2.75) is 6.92 Å². The Morgan fingerprint density at radius 1 is 1.31 bits per heavy atom. The van der Waals surface area contributed by atoms with Crippen LogP contribution in [0.3, 0.4) is 0 Å². The summed E-state index contributed by atoms with van der Waals surface area (Å²) in [6.45, 7) is 2.10. The molecule has 0 saturated heterocycles. The summed E-state index contributed by atoms with van der Waals surface area (Å²) in [6, 6.07) is 8.32. The zero-order chi connectivity index (χ0) is 11.7. The second-order valence-electron chi connectivity index (χ2n) is 3.75. The van der Waals surface area contributed by atoms with Gasteiger partial charge in [-0.3, -0.25) is 4.68 Å². The van der Waals surface area contributed by atoms with Gasteiger partial charge in [-0.15, -0.1) is 0 Å². The fourth-order valence-corrected chi connectivity index (χ4v) is 2.07. The van der Waals surface area contributed by atoms with Crippen molar-refractivity contribution in [3.05, 3.63) is 34.3 Å². The van der Waals surface area contributed by atoms with Crippen LogP contribution < -0.4 is 5.32 Å². The lowest BCUT2D eigenvalue weighted by Gasteiger charge is -2.06. The largest absolute Gasteiger partial charge is 0.372 e. The molecule has 1 aromatic carbocycles. The first-order chi connectivity index (χ1) is 7.61. The zero-order valence-electron chi connectivity index (χ0n) is 9.58. The normalized spacial score (nSPS) is 10.5. The van der Waals surface area contributed by atoms with E-state index in [1.807, 2.05) is 24.8 Å². The molecule has 0 atom stereocenters. The molecule has 1 N–H and O–H groups in total. The predicted molar refractivity (Wildman–Crippen MR) is 70.6 cm³/mol. The smallest absolute Gasteiger partial charge is 0.148 e. The molecule has 0 radical (unpaired) electrons. The van der Waals surface area contributed by atoms with Gasteiger partial charge in [-0.05, 0) is 24.6 Å². The number of hydrogen-bond acceptors (Lipinski definition) is 2. The van der Waals surface area contributed by atoms with E-state index < -0.39 is 0 Å². The van der Waals surface area contributed by atoms with E-state index in [1.165, 1.54) is 11.1 Å². The van der Waals surface area contributed by atoms with Crippen molar-refractivity contribution in [2.24, 2.45) is 7.05 Å². The van der Waals surface area contributed by atoms with Crippen molar-refractivity contribution in [1.29, 1.82) is 0 Å². The van der Waals surface area contributed by atoms with Crippen LogP contribution >= 0.6 is 15.9 Å². The van der Waals surface area contributed by atoms with Crippen LogP contribution in [0.15, 0.2) is 28.7 Å². The molecule has 0 amide bonds. The second-order valence-corrected chi connectivity index (χ2v) is 4.66. The Hall–Kier alpha value is -1.29. The number of halogens is 1.